The van der Waals surface area contributed by atoms with Crippen molar-refractivity contribution < 1.29 is 29.3 Å². The van der Waals surface area contributed by atoms with E-state index in [-0.39, 0.29) is 46.7 Å². The molecule has 0 aromatic heterocycles. The molecule has 0 bridgehead atoms. The molecule has 34 heavy (non-hydrogen) atoms. The van der Waals surface area contributed by atoms with Crippen molar-refractivity contribution in [3.05, 3.63) is 87.4 Å². The van der Waals surface area contributed by atoms with Gasteiger partial charge in [0.25, 0.3) is 0 Å². The maximum Gasteiger partial charge on any atom is 0.196 e. The summed E-state index contributed by atoms with van der Waals surface area (Å²) in [6.45, 7) is 3.45. The number of carbonyl (C=O) groups excluding carboxylic acids is 3. The van der Waals surface area contributed by atoms with Crippen molar-refractivity contribution in [3.8, 4) is 5.75 Å². The van der Waals surface area contributed by atoms with Crippen LogP contribution in [0.5, 0.6) is 5.75 Å². The molecule has 0 saturated heterocycles. The van der Waals surface area contributed by atoms with Crippen molar-refractivity contribution in [3.63, 3.8) is 0 Å². The second kappa shape index (κ2) is 8.28. The summed E-state index contributed by atoms with van der Waals surface area (Å²) in [6.07, 6.45) is 1.35. The number of aliphatic hydroxyl groups excluding tert-OH is 1. The summed E-state index contributed by atoms with van der Waals surface area (Å²) in [5.74, 6) is -2.86. The second-order valence-electron chi connectivity index (χ2n) is 9.45. The molecule has 3 atom stereocenters. The summed E-state index contributed by atoms with van der Waals surface area (Å²) in [5.41, 5.74) is 2.98. The monoisotopic (exact) mass is 458 g/mol. The average Bonchev–Trinajstić information content (AvgIpc) is 2.80. The van der Waals surface area contributed by atoms with Crippen LogP contribution in [0, 0.1) is 24.7 Å². The highest BCUT2D eigenvalue weighted by atomic mass is 16.5. The third-order valence-corrected chi connectivity index (χ3v) is 7.35. The first kappa shape index (κ1) is 22.1. The fraction of sp³-hybridized carbons (Fsp3) is 0.321. The average molecular weight is 459 g/mol. The SMILES string of the molecule is CC(=O)C1=C(OCc2ccccc2)CC2CC3Cc4c(C)ccc(O)c4C(=O)C3=C(O)C2C1=O. The number of hydrogen-bond donors (Lipinski definition) is 2. The Bertz CT molecular complexity index is 1280. The smallest absolute Gasteiger partial charge is 0.196 e. The summed E-state index contributed by atoms with van der Waals surface area (Å²) in [6, 6.07) is 12.8. The first-order chi connectivity index (χ1) is 16.3. The Morgan fingerprint density at radius 1 is 1.06 bits per heavy atom. The molecular formula is C28H26O6. The summed E-state index contributed by atoms with van der Waals surface area (Å²) in [7, 11) is 0. The number of aromatic hydroxyl groups is 1. The van der Waals surface area contributed by atoms with E-state index in [1.54, 1.807) is 6.07 Å². The Morgan fingerprint density at radius 3 is 2.50 bits per heavy atom. The first-order valence-electron chi connectivity index (χ1n) is 11.5. The number of Topliss-reactive ketones (excluding diaryl/α,β-unsaturated/α-hetero) is 3. The van der Waals surface area contributed by atoms with Gasteiger partial charge in [-0.15, -0.1) is 0 Å². The van der Waals surface area contributed by atoms with Crippen molar-refractivity contribution in [1.29, 1.82) is 0 Å². The molecule has 2 N–H and O–H groups in total. The quantitative estimate of drug-likeness (QED) is 0.653. The lowest BCUT2D eigenvalue weighted by Crippen LogP contribution is -2.42. The van der Waals surface area contributed by atoms with Crippen molar-refractivity contribution >= 4 is 17.3 Å². The summed E-state index contributed by atoms with van der Waals surface area (Å²) in [4.78, 5) is 39.3. The van der Waals surface area contributed by atoms with Gasteiger partial charge in [-0.25, -0.2) is 0 Å². The molecule has 0 heterocycles. The maximum absolute atomic E-state index is 13.5. The van der Waals surface area contributed by atoms with Crippen molar-refractivity contribution in [1.82, 2.24) is 0 Å². The molecule has 6 heteroatoms. The van der Waals surface area contributed by atoms with Crippen LogP contribution in [0.25, 0.3) is 0 Å². The van der Waals surface area contributed by atoms with Crippen LogP contribution in [0.2, 0.25) is 0 Å². The number of phenolic OH excluding ortho intramolecular Hbond substituents is 1. The van der Waals surface area contributed by atoms with Crippen molar-refractivity contribution in [2.75, 3.05) is 0 Å². The van der Waals surface area contributed by atoms with Crippen LogP contribution in [0.3, 0.4) is 0 Å². The normalized spacial score (nSPS) is 23.9. The fourth-order valence-electron chi connectivity index (χ4n) is 5.76. The van der Waals surface area contributed by atoms with Gasteiger partial charge in [0.2, 0.25) is 0 Å². The molecule has 0 radical (unpaired) electrons. The Hall–Kier alpha value is -3.67. The topological polar surface area (TPSA) is 101 Å². The van der Waals surface area contributed by atoms with Crippen molar-refractivity contribution in [2.24, 2.45) is 17.8 Å². The van der Waals surface area contributed by atoms with Crippen LogP contribution >= 0.6 is 0 Å². The lowest BCUT2D eigenvalue weighted by atomic mass is 9.62. The van der Waals surface area contributed by atoms with Gasteiger partial charge in [-0.05, 0) is 61.3 Å². The predicted octanol–water partition coefficient (Wildman–Crippen LogP) is 4.54. The van der Waals surface area contributed by atoms with Gasteiger partial charge >= 0.3 is 0 Å². The van der Waals surface area contributed by atoms with Gasteiger partial charge in [-0.2, -0.15) is 0 Å². The van der Waals surface area contributed by atoms with Gasteiger partial charge in [-0.1, -0.05) is 36.4 Å². The number of fused-ring (bicyclic) bond motifs is 3. The molecule has 2 aromatic rings. The zero-order valence-corrected chi connectivity index (χ0v) is 19.1. The molecule has 0 amide bonds. The highest BCUT2D eigenvalue weighted by Gasteiger charge is 2.50. The molecule has 174 valence electrons. The minimum absolute atomic E-state index is 0.0369. The summed E-state index contributed by atoms with van der Waals surface area (Å²) in [5, 5.41) is 21.6. The lowest BCUT2D eigenvalue weighted by molar-refractivity contribution is -0.126. The van der Waals surface area contributed by atoms with E-state index in [9.17, 15) is 24.6 Å². The Kier molecular flexibility index (Phi) is 5.39. The number of ether oxygens (including phenoxy) is 1. The molecular weight excluding hydrogens is 432 g/mol. The molecule has 3 aliphatic carbocycles. The molecule has 0 aliphatic heterocycles. The van der Waals surface area contributed by atoms with Gasteiger partial charge in [-0.3, -0.25) is 14.4 Å². The number of ketones is 3. The molecule has 2 aromatic carbocycles. The molecule has 3 aliphatic rings. The number of allylic oxidation sites excluding steroid dienone is 4. The molecule has 0 fully saturated rings. The van der Waals surface area contributed by atoms with E-state index in [1.807, 2.05) is 37.3 Å². The Morgan fingerprint density at radius 2 is 1.79 bits per heavy atom. The van der Waals surface area contributed by atoms with E-state index in [0.29, 0.717) is 25.0 Å². The van der Waals surface area contributed by atoms with E-state index in [0.717, 1.165) is 16.7 Å². The fourth-order valence-corrected chi connectivity index (χ4v) is 5.76. The van der Waals surface area contributed by atoms with Gasteiger partial charge in [0.1, 0.15) is 23.9 Å². The van der Waals surface area contributed by atoms with Crippen LogP contribution in [-0.2, 0) is 27.4 Å². The van der Waals surface area contributed by atoms with Gasteiger partial charge in [0, 0.05) is 12.0 Å². The first-order valence-corrected chi connectivity index (χ1v) is 11.5. The van der Waals surface area contributed by atoms with Crippen LogP contribution in [-0.4, -0.2) is 27.6 Å². The Balaban J connectivity index is 1.53. The summed E-state index contributed by atoms with van der Waals surface area (Å²) < 4.78 is 5.99. The number of aryl methyl sites for hydroxylation is 1. The number of hydrogen-bond acceptors (Lipinski definition) is 6. The van der Waals surface area contributed by atoms with E-state index in [2.05, 4.69) is 0 Å². The number of benzene rings is 2. The third-order valence-electron chi connectivity index (χ3n) is 7.35. The van der Waals surface area contributed by atoms with Crippen molar-refractivity contribution in [2.45, 2.75) is 39.7 Å². The van der Waals surface area contributed by atoms with Crippen LogP contribution in [0.4, 0.5) is 0 Å². The number of phenols is 1. The van der Waals surface area contributed by atoms with Gasteiger partial charge < -0.3 is 14.9 Å². The number of aliphatic hydroxyl groups is 1. The largest absolute Gasteiger partial charge is 0.511 e. The van der Waals surface area contributed by atoms with E-state index in [1.165, 1.54) is 13.0 Å². The number of carbonyl (C=O) groups is 3. The predicted molar refractivity (Wildman–Crippen MR) is 124 cm³/mol. The van der Waals surface area contributed by atoms with E-state index >= 15 is 0 Å². The van der Waals surface area contributed by atoms with Crippen LogP contribution < -0.4 is 0 Å². The minimum atomic E-state index is -0.952. The summed E-state index contributed by atoms with van der Waals surface area (Å²) >= 11 is 0. The number of rotatable bonds is 4. The molecule has 0 saturated carbocycles. The minimum Gasteiger partial charge on any atom is -0.511 e. The van der Waals surface area contributed by atoms with E-state index in [4.69, 9.17) is 4.74 Å². The molecule has 5 rings (SSSR count). The highest BCUT2D eigenvalue weighted by Crippen LogP contribution is 2.50. The second-order valence-corrected chi connectivity index (χ2v) is 9.45. The zero-order chi connectivity index (χ0) is 24.1. The maximum atomic E-state index is 13.5. The van der Waals surface area contributed by atoms with Gasteiger partial charge in [0.15, 0.2) is 17.3 Å². The standard InChI is InChI=1S/C28H26O6/c1-14-8-9-20(30)25-19(14)11-17-10-18-12-21(34-13-16-6-4-3-5-7-16)22(15(2)29)26(31)24(18)27(32)23(17)28(25)33/h3-9,17-18,24,30,32H,10-13H2,1-2H3. The zero-order valence-electron chi connectivity index (χ0n) is 19.1. The van der Waals surface area contributed by atoms with Gasteiger partial charge in [0.05, 0.1) is 17.1 Å². The van der Waals surface area contributed by atoms with Crippen LogP contribution in [0.1, 0.15) is 46.8 Å². The lowest BCUT2D eigenvalue weighted by Gasteiger charge is -2.41. The van der Waals surface area contributed by atoms with Crippen LogP contribution in [0.15, 0.2) is 65.1 Å². The highest BCUT2D eigenvalue weighted by molar-refractivity contribution is 6.22. The molecule has 3 unspecified atom stereocenters. The molecule has 0 spiro atoms. The molecule has 6 nitrogen and oxygen atoms in total. The Labute approximate surface area is 197 Å². The third kappa shape index (κ3) is 3.45. The van der Waals surface area contributed by atoms with E-state index < -0.39 is 23.3 Å².